The van der Waals surface area contributed by atoms with E-state index < -0.39 is 0 Å². The third kappa shape index (κ3) is 2.48. The zero-order valence-corrected chi connectivity index (χ0v) is 11.4. The van der Waals surface area contributed by atoms with Gasteiger partial charge in [-0.25, -0.2) is 9.50 Å². The van der Waals surface area contributed by atoms with E-state index in [9.17, 15) is 0 Å². The standard InChI is InChI=1S/C14H21N5/c1-2-18-7-6-11(10-18)8-13-16-14-5-3-4-12(9-15)19(14)17-13/h3-5,11H,2,6-10,15H2,1H3. The lowest BCUT2D eigenvalue weighted by Crippen LogP contribution is -2.20. The molecule has 1 aliphatic heterocycles. The lowest BCUT2D eigenvalue weighted by Gasteiger charge is -2.11. The summed E-state index contributed by atoms with van der Waals surface area (Å²) in [6.45, 7) is 6.25. The van der Waals surface area contributed by atoms with Crippen LogP contribution in [0.3, 0.4) is 0 Å². The van der Waals surface area contributed by atoms with Crippen LogP contribution >= 0.6 is 0 Å². The predicted molar refractivity (Wildman–Crippen MR) is 74.8 cm³/mol. The molecule has 1 saturated heterocycles. The maximum Gasteiger partial charge on any atom is 0.155 e. The molecule has 102 valence electrons. The summed E-state index contributed by atoms with van der Waals surface area (Å²) in [4.78, 5) is 7.11. The molecule has 0 aromatic carbocycles. The molecule has 1 unspecified atom stereocenters. The smallest absolute Gasteiger partial charge is 0.155 e. The highest BCUT2D eigenvalue weighted by Gasteiger charge is 2.22. The van der Waals surface area contributed by atoms with E-state index in [0.29, 0.717) is 12.5 Å². The lowest BCUT2D eigenvalue weighted by molar-refractivity contribution is 0.341. The van der Waals surface area contributed by atoms with Crippen LogP contribution in [-0.4, -0.2) is 39.1 Å². The molecule has 19 heavy (non-hydrogen) atoms. The van der Waals surface area contributed by atoms with E-state index in [4.69, 9.17) is 5.73 Å². The van der Waals surface area contributed by atoms with Crippen LogP contribution in [0, 0.1) is 5.92 Å². The van der Waals surface area contributed by atoms with E-state index in [1.807, 2.05) is 22.7 Å². The zero-order valence-electron chi connectivity index (χ0n) is 11.4. The zero-order chi connectivity index (χ0) is 13.2. The molecule has 5 nitrogen and oxygen atoms in total. The second kappa shape index (κ2) is 5.27. The number of fused-ring (bicyclic) bond motifs is 1. The van der Waals surface area contributed by atoms with Crippen LogP contribution in [0.5, 0.6) is 0 Å². The number of aromatic nitrogens is 3. The van der Waals surface area contributed by atoms with Gasteiger partial charge >= 0.3 is 0 Å². The van der Waals surface area contributed by atoms with Crippen LogP contribution in [0.4, 0.5) is 0 Å². The molecule has 3 rings (SSSR count). The Balaban J connectivity index is 1.79. The molecule has 0 radical (unpaired) electrons. The molecule has 3 heterocycles. The molecule has 0 bridgehead atoms. The van der Waals surface area contributed by atoms with Crippen LogP contribution in [0.25, 0.3) is 5.65 Å². The van der Waals surface area contributed by atoms with Crippen molar-refractivity contribution >= 4 is 5.65 Å². The Morgan fingerprint density at radius 2 is 2.32 bits per heavy atom. The summed E-state index contributed by atoms with van der Waals surface area (Å²) in [7, 11) is 0. The van der Waals surface area contributed by atoms with Crippen molar-refractivity contribution in [3.8, 4) is 0 Å². The van der Waals surface area contributed by atoms with Gasteiger partial charge in [0.15, 0.2) is 11.5 Å². The van der Waals surface area contributed by atoms with Gasteiger partial charge in [-0.2, -0.15) is 5.10 Å². The van der Waals surface area contributed by atoms with Gasteiger partial charge < -0.3 is 10.6 Å². The third-order valence-corrected chi connectivity index (χ3v) is 3.98. The minimum atomic E-state index is 0.493. The summed E-state index contributed by atoms with van der Waals surface area (Å²) < 4.78 is 1.88. The Hall–Kier alpha value is -1.46. The van der Waals surface area contributed by atoms with Crippen molar-refractivity contribution in [1.29, 1.82) is 0 Å². The number of nitrogens with zero attached hydrogens (tertiary/aromatic N) is 4. The molecule has 0 aliphatic carbocycles. The van der Waals surface area contributed by atoms with Gasteiger partial charge in [0.2, 0.25) is 0 Å². The maximum atomic E-state index is 5.73. The van der Waals surface area contributed by atoms with Crippen LogP contribution in [-0.2, 0) is 13.0 Å². The first kappa shape index (κ1) is 12.6. The van der Waals surface area contributed by atoms with Gasteiger partial charge in [-0.05, 0) is 37.6 Å². The highest BCUT2D eigenvalue weighted by atomic mass is 15.3. The third-order valence-electron chi connectivity index (χ3n) is 3.98. The molecule has 1 aliphatic rings. The van der Waals surface area contributed by atoms with E-state index >= 15 is 0 Å². The van der Waals surface area contributed by atoms with Gasteiger partial charge in [-0.15, -0.1) is 0 Å². The first-order valence-corrected chi connectivity index (χ1v) is 7.06. The SMILES string of the molecule is CCN1CCC(Cc2nc3cccc(CN)n3n2)C1. The van der Waals surface area contributed by atoms with Gasteiger partial charge in [-0.1, -0.05) is 13.0 Å². The summed E-state index contributed by atoms with van der Waals surface area (Å²) >= 11 is 0. The summed E-state index contributed by atoms with van der Waals surface area (Å²) in [5, 5.41) is 4.60. The number of rotatable bonds is 4. The van der Waals surface area contributed by atoms with Gasteiger partial charge in [0.1, 0.15) is 0 Å². The summed E-state index contributed by atoms with van der Waals surface area (Å²) in [6.07, 6.45) is 2.23. The van der Waals surface area contributed by atoms with Crippen molar-refractivity contribution in [3.63, 3.8) is 0 Å². The quantitative estimate of drug-likeness (QED) is 0.892. The van der Waals surface area contributed by atoms with E-state index in [0.717, 1.165) is 30.1 Å². The van der Waals surface area contributed by atoms with E-state index in [2.05, 4.69) is 21.9 Å². The maximum absolute atomic E-state index is 5.73. The molecule has 5 heteroatoms. The molecule has 2 aromatic rings. The summed E-state index contributed by atoms with van der Waals surface area (Å²) in [6, 6.07) is 5.98. The van der Waals surface area contributed by atoms with Gasteiger partial charge in [-0.3, -0.25) is 0 Å². The van der Waals surface area contributed by atoms with Crippen molar-refractivity contribution in [1.82, 2.24) is 19.5 Å². The molecule has 0 amide bonds. The van der Waals surface area contributed by atoms with Crippen LogP contribution in [0.15, 0.2) is 18.2 Å². The van der Waals surface area contributed by atoms with Gasteiger partial charge in [0.05, 0.1) is 5.69 Å². The molecule has 1 atom stereocenters. The van der Waals surface area contributed by atoms with Crippen LogP contribution < -0.4 is 5.73 Å². The molecule has 2 N–H and O–H groups in total. The molecule has 0 spiro atoms. The fourth-order valence-electron chi connectivity index (χ4n) is 2.87. The fourth-order valence-corrected chi connectivity index (χ4v) is 2.87. The summed E-state index contributed by atoms with van der Waals surface area (Å²) in [5.74, 6) is 1.64. The first-order valence-electron chi connectivity index (χ1n) is 7.06. The normalized spacial score (nSPS) is 20.4. The predicted octanol–water partition coefficient (Wildman–Crippen LogP) is 1.07. The van der Waals surface area contributed by atoms with Crippen molar-refractivity contribution in [3.05, 3.63) is 29.7 Å². The number of hydrogen-bond donors (Lipinski definition) is 1. The van der Waals surface area contributed by atoms with E-state index in [-0.39, 0.29) is 0 Å². The second-order valence-electron chi connectivity index (χ2n) is 5.27. The Morgan fingerprint density at radius 1 is 1.42 bits per heavy atom. The second-order valence-corrected chi connectivity index (χ2v) is 5.27. The van der Waals surface area contributed by atoms with Crippen molar-refractivity contribution in [2.75, 3.05) is 19.6 Å². The highest BCUT2D eigenvalue weighted by molar-refractivity contribution is 5.38. The lowest BCUT2D eigenvalue weighted by atomic mass is 10.1. The fraction of sp³-hybridized carbons (Fsp3) is 0.571. The Labute approximate surface area is 113 Å². The molecule has 1 fully saturated rings. The number of hydrogen-bond acceptors (Lipinski definition) is 4. The molecule has 2 aromatic heterocycles. The molecular formula is C14H21N5. The van der Waals surface area contributed by atoms with Crippen molar-refractivity contribution < 1.29 is 0 Å². The van der Waals surface area contributed by atoms with Gasteiger partial charge in [0.25, 0.3) is 0 Å². The number of likely N-dealkylation sites (tertiary alicyclic amines) is 1. The molecule has 0 saturated carbocycles. The topological polar surface area (TPSA) is 59.5 Å². The number of pyridine rings is 1. The Morgan fingerprint density at radius 3 is 3.05 bits per heavy atom. The van der Waals surface area contributed by atoms with Crippen LogP contribution in [0.2, 0.25) is 0 Å². The van der Waals surface area contributed by atoms with Crippen LogP contribution in [0.1, 0.15) is 24.9 Å². The van der Waals surface area contributed by atoms with Gasteiger partial charge in [0, 0.05) is 19.5 Å². The van der Waals surface area contributed by atoms with Crippen molar-refractivity contribution in [2.45, 2.75) is 26.3 Å². The summed E-state index contributed by atoms with van der Waals surface area (Å²) in [5.41, 5.74) is 7.65. The minimum absolute atomic E-state index is 0.493. The highest BCUT2D eigenvalue weighted by Crippen LogP contribution is 2.19. The average molecular weight is 259 g/mol. The largest absolute Gasteiger partial charge is 0.325 e. The van der Waals surface area contributed by atoms with E-state index in [1.165, 1.54) is 19.5 Å². The number of nitrogens with two attached hydrogens (primary N) is 1. The first-order chi connectivity index (χ1) is 9.30. The van der Waals surface area contributed by atoms with E-state index in [1.54, 1.807) is 0 Å². The average Bonchev–Trinajstić information content (AvgIpc) is 3.04. The van der Waals surface area contributed by atoms with Crippen molar-refractivity contribution in [2.24, 2.45) is 11.7 Å². The minimum Gasteiger partial charge on any atom is -0.325 e. The Bertz CT molecular complexity index is 562. The molecular weight excluding hydrogens is 238 g/mol. The monoisotopic (exact) mass is 259 g/mol. The Kier molecular flexibility index (Phi) is 3.48.